The maximum Gasteiger partial charge on any atom is 0.150 e. The van der Waals surface area contributed by atoms with E-state index in [0.717, 1.165) is 42.1 Å². The molecule has 17 heavy (non-hydrogen) atoms. The molecular formula is C11H13ClFN3S. The molecule has 1 fully saturated rings. The molecule has 0 spiro atoms. The third-order valence-electron chi connectivity index (χ3n) is 2.83. The lowest BCUT2D eigenvalue weighted by atomic mass is 10.2. The summed E-state index contributed by atoms with van der Waals surface area (Å²) in [4.78, 5) is 2.26. The van der Waals surface area contributed by atoms with E-state index in [1.54, 1.807) is 6.07 Å². The Labute approximate surface area is 109 Å². The van der Waals surface area contributed by atoms with Gasteiger partial charge in [0.1, 0.15) is 11.6 Å². The molecule has 3 nitrogen and oxygen atoms in total. The van der Waals surface area contributed by atoms with Crippen LogP contribution in [0.2, 0.25) is 0 Å². The van der Waals surface area contributed by atoms with Crippen LogP contribution >= 0.6 is 23.9 Å². The normalized spacial score (nSPS) is 15.9. The van der Waals surface area contributed by atoms with Crippen LogP contribution in [-0.4, -0.2) is 30.6 Å². The van der Waals surface area contributed by atoms with Crippen molar-refractivity contribution in [2.75, 3.05) is 31.1 Å². The van der Waals surface area contributed by atoms with E-state index in [9.17, 15) is 4.39 Å². The molecule has 6 heteroatoms. The van der Waals surface area contributed by atoms with E-state index in [2.05, 4.69) is 14.6 Å². The topological polar surface area (TPSA) is 28.2 Å². The predicted molar refractivity (Wildman–Crippen MR) is 71.9 cm³/mol. The van der Waals surface area contributed by atoms with Gasteiger partial charge in [0.05, 0.1) is 4.70 Å². The fourth-order valence-corrected chi connectivity index (χ4v) is 2.82. The van der Waals surface area contributed by atoms with Crippen LogP contribution in [0.5, 0.6) is 0 Å². The minimum atomic E-state index is -0.192. The number of rotatable bonds is 1. The van der Waals surface area contributed by atoms with Crippen molar-refractivity contribution < 1.29 is 4.39 Å². The molecule has 1 aromatic carbocycles. The summed E-state index contributed by atoms with van der Waals surface area (Å²) in [5.41, 5.74) is 0. The molecule has 0 bridgehead atoms. The number of piperazine rings is 1. The maximum absolute atomic E-state index is 13.0. The zero-order valence-electron chi connectivity index (χ0n) is 9.15. The monoisotopic (exact) mass is 273 g/mol. The van der Waals surface area contributed by atoms with Gasteiger partial charge in [0.2, 0.25) is 0 Å². The van der Waals surface area contributed by atoms with Crippen molar-refractivity contribution in [2.45, 2.75) is 0 Å². The van der Waals surface area contributed by atoms with Gasteiger partial charge in [-0.3, -0.25) is 0 Å². The van der Waals surface area contributed by atoms with Gasteiger partial charge in [0.25, 0.3) is 0 Å². The molecule has 0 amide bonds. The number of fused-ring (bicyclic) bond motifs is 1. The molecular weight excluding hydrogens is 261 g/mol. The van der Waals surface area contributed by atoms with E-state index in [0.29, 0.717) is 0 Å². The van der Waals surface area contributed by atoms with Gasteiger partial charge in [-0.2, -0.15) is 4.37 Å². The van der Waals surface area contributed by atoms with Gasteiger partial charge in [-0.1, -0.05) is 0 Å². The molecule has 1 saturated heterocycles. The highest BCUT2D eigenvalue weighted by Gasteiger charge is 2.16. The van der Waals surface area contributed by atoms with Crippen molar-refractivity contribution in [2.24, 2.45) is 0 Å². The lowest BCUT2D eigenvalue weighted by Gasteiger charge is -2.27. The SMILES string of the molecule is Cl.Fc1ccc2c(N3CCNCC3)nsc2c1. The Kier molecular flexibility index (Phi) is 3.81. The zero-order chi connectivity index (χ0) is 11.0. The Bertz CT molecular complexity index is 510. The van der Waals surface area contributed by atoms with Crippen LogP contribution in [0.25, 0.3) is 10.1 Å². The van der Waals surface area contributed by atoms with Crippen LogP contribution in [0.4, 0.5) is 10.2 Å². The van der Waals surface area contributed by atoms with Gasteiger partial charge >= 0.3 is 0 Å². The van der Waals surface area contributed by atoms with E-state index >= 15 is 0 Å². The summed E-state index contributed by atoms with van der Waals surface area (Å²) in [6.07, 6.45) is 0. The second-order valence-corrected chi connectivity index (χ2v) is 4.69. The molecule has 1 N–H and O–H groups in total. The molecule has 0 radical (unpaired) electrons. The molecule has 1 aliphatic rings. The maximum atomic E-state index is 13.0. The standard InChI is InChI=1S/C11H12FN3S.ClH/c12-8-1-2-9-10(7-8)16-14-11(9)15-5-3-13-4-6-15;/h1-2,7,13H,3-6H2;1H. The highest BCUT2D eigenvalue weighted by molar-refractivity contribution is 7.13. The van der Waals surface area contributed by atoms with Crippen LogP contribution in [0, 0.1) is 5.82 Å². The van der Waals surface area contributed by atoms with Crippen LogP contribution in [-0.2, 0) is 0 Å². The molecule has 3 rings (SSSR count). The van der Waals surface area contributed by atoms with Crippen molar-refractivity contribution in [1.29, 1.82) is 0 Å². The average Bonchev–Trinajstić information content (AvgIpc) is 2.73. The number of hydrogen-bond acceptors (Lipinski definition) is 4. The molecule has 2 aromatic rings. The fourth-order valence-electron chi connectivity index (χ4n) is 2.00. The molecule has 1 aliphatic heterocycles. The predicted octanol–water partition coefficient (Wildman–Crippen LogP) is 2.27. The third kappa shape index (κ3) is 2.36. The fraction of sp³-hybridized carbons (Fsp3) is 0.364. The van der Waals surface area contributed by atoms with Crippen molar-refractivity contribution in [3.05, 3.63) is 24.0 Å². The molecule has 0 aliphatic carbocycles. The molecule has 0 atom stereocenters. The largest absolute Gasteiger partial charge is 0.353 e. The number of nitrogens with one attached hydrogen (secondary N) is 1. The van der Waals surface area contributed by atoms with Gasteiger partial charge in [-0.05, 0) is 29.7 Å². The Hall–Kier alpha value is -0.910. The summed E-state index contributed by atoms with van der Waals surface area (Å²) in [5, 5.41) is 4.37. The minimum Gasteiger partial charge on any atom is -0.353 e. The van der Waals surface area contributed by atoms with Crippen molar-refractivity contribution >= 4 is 39.8 Å². The lowest BCUT2D eigenvalue weighted by molar-refractivity contribution is 0.587. The van der Waals surface area contributed by atoms with E-state index in [4.69, 9.17) is 0 Å². The van der Waals surface area contributed by atoms with Gasteiger partial charge < -0.3 is 10.2 Å². The van der Waals surface area contributed by atoms with Crippen LogP contribution in [0.1, 0.15) is 0 Å². The van der Waals surface area contributed by atoms with E-state index in [-0.39, 0.29) is 18.2 Å². The number of benzene rings is 1. The summed E-state index contributed by atoms with van der Waals surface area (Å²) >= 11 is 1.37. The average molecular weight is 274 g/mol. The summed E-state index contributed by atoms with van der Waals surface area (Å²) < 4.78 is 18.4. The van der Waals surface area contributed by atoms with Crippen molar-refractivity contribution in [3.8, 4) is 0 Å². The first-order chi connectivity index (χ1) is 7.84. The van der Waals surface area contributed by atoms with Gasteiger partial charge in [0, 0.05) is 31.6 Å². The summed E-state index contributed by atoms with van der Waals surface area (Å²) in [7, 11) is 0. The molecule has 2 heterocycles. The Morgan fingerprint density at radius 3 is 2.82 bits per heavy atom. The second-order valence-electron chi connectivity index (χ2n) is 3.88. The van der Waals surface area contributed by atoms with Gasteiger partial charge in [-0.15, -0.1) is 12.4 Å². The van der Waals surface area contributed by atoms with E-state index in [1.165, 1.54) is 17.6 Å². The number of anilines is 1. The molecule has 0 saturated carbocycles. The van der Waals surface area contributed by atoms with Gasteiger partial charge in [0.15, 0.2) is 0 Å². The van der Waals surface area contributed by atoms with Crippen molar-refractivity contribution in [3.63, 3.8) is 0 Å². The Morgan fingerprint density at radius 2 is 2.06 bits per heavy atom. The number of halogens is 2. The molecule has 1 aromatic heterocycles. The van der Waals surface area contributed by atoms with Gasteiger partial charge in [-0.25, -0.2) is 4.39 Å². The number of hydrogen-bond donors (Lipinski definition) is 1. The molecule has 0 unspecified atom stereocenters. The lowest BCUT2D eigenvalue weighted by Crippen LogP contribution is -2.43. The van der Waals surface area contributed by atoms with Crippen LogP contribution < -0.4 is 10.2 Å². The van der Waals surface area contributed by atoms with Crippen LogP contribution in [0.15, 0.2) is 18.2 Å². The molecule has 92 valence electrons. The first kappa shape index (κ1) is 12.5. The number of nitrogens with zero attached hydrogens (tertiary/aromatic N) is 2. The minimum absolute atomic E-state index is 0. The van der Waals surface area contributed by atoms with Crippen LogP contribution in [0.3, 0.4) is 0 Å². The first-order valence-corrected chi connectivity index (χ1v) is 6.12. The second kappa shape index (κ2) is 5.16. The Morgan fingerprint density at radius 1 is 1.29 bits per heavy atom. The smallest absolute Gasteiger partial charge is 0.150 e. The number of aromatic nitrogens is 1. The summed E-state index contributed by atoms with van der Waals surface area (Å²) in [6.45, 7) is 3.91. The summed E-state index contributed by atoms with van der Waals surface area (Å²) in [6, 6.07) is 4.88. The first-order valence-electron chi connectivity index (χ1n) is 5.35. The van der Waals surface area contributed by atoms with E-state index < -0.39 is 0 Å². The zero-order valence-corrected chi connectivity index (χ0v) is 10.8. The quantitative estimate of drug-likeness (QED) is 0.864. The third-order valence-corrected chi connectivity index (χ3v) is 3.63. The highest BCUT2D eigenvalue weighted by Crippen LogP contribution is 2.30. The Balaban J connectivity index is 0.00000108. The highest BCUT2D eigenvalue weighted by atomic mass is 35.5. The summed E-state index contributed by atoms with van der Waals surface area (Å²) in [5.74, 6) is 0.810. The van der Waals surface area contributed by atoms with Crippen molar-refractivity contribution in [1.82, 2.24) is 9.69 Å². The van der Waals surface area contributed by atoms with E-state index in [1.807, 2.05) is 6.07 Å².